The summed E-state index contributed by atoms with van der Waals surface area (Å²) >= 11 is 0. The van der Waals surface area contributed by atoms with Gasteiger partial charge in [0.1, 0.15) is 0 Å². The van der Waals surface area contributed by atoms with Crippen LogP contribution in [0, 0.1) is 29.6 Å². The van der Waals surface area contributed by atoms with E-state index >= 15 is 0 Å². The SMILES string of the molecule is CC(C)=CCC[C-]1C(C)C(C)C(C)C1C.[K+]. The predicted molar refractivity (Wildman–Crippen MR) is 68.6 cm³/mol. The summed E-state index contributed by atoms with van der Waals surface area (Å²) in [6.45, 7) is 14.1. The van der Waals surface area contributed by atoms with Gasteiger partial charge in [-0.1, -0.05) is 57.6 Å². The van der Waals surface area contributed by atoms with Crippen molar-refractivity contribution in [1.82, 2.24) is 0 Å². The van der Waals surface area contributed by atoms with Crippen LogP contribution in [0.4, 0.5) is 0 Å². The first-order valence-corrected chi connectivity index (χ1v) is 6.44. The fraction of sp³-hybridized carbons (Fsp3) is 0.800. The Bertz CT molecular complexity index is 214. The van der Waals surface area contributed by atoms with Gasteiger partial charge in [-0.3, -0.25) is 0 Å². The van der Waals surface area contributed by atoms with Crippen molar-refractivity contribution in [2.75, 3.05) is 0 Å². The molecule has 0 aromatic carbocycles. The summed E-state index contributed by atoms with van der Waals surface area (Å²) in [5, 5.41) is 0. The van der Waals surface area contributed by atoms with Crippen molar-refractivity contribution < 1.29 is 51.4 Å². The Balaban J connectivity index is 0.00000225. The molecule has 1 aliphatic rings. The molecule has 16 heavy (non-hydrogen) atoms. The molecule has 1 rings (SSSR count). The van der Waals surface area contributed by atoms with Crippen LogP contribution in [0.2, 0.25) is 0 Å². The Morgan fingerprint density at radius 2 is 1.44 bits per heavy atom. The van der Waals surface area contributed by atoms with Gasteiger partial charge in [-0.05, 0) is 13.8 Å². The van der Waals surface area contributed by atoms with Crippen molar-refractivity contribution in [2.24, 2.45) is 23.7 Å². The van der Waals surface area contributed by atoms with Crippen LogP contribution in [0.3, 0.4) is 0 Å². The molecule has 4 atom stereocenters. The summed E-state index contributed by atoms with van der Waals surface area (Å²) in [6, 6.07) is 0. The molecular weight excluding hydrogens is 219 g/mol. The maximum Gasteiger partial charge on any atom is 1.00 e. The average molecular weight is 246 g/mol. The Hall–Kier alpha value is 1.38. The topological polar surface area (TPSA) is 0 Å². The van der Waals surface area contributed by atoms with Crippen molar-refractivity contribution in [3.63, 3.8) is 0 Å². The molecule has 0 nitrogen and oxygen atoms in total. The van der Waals surface area contributed by atoms with Crippen LogP contribution in [-0.4, -0.2) is 0 Å². The van der Waals surface area contributed by atoms with Gasteiger partial charge in [-0.15, -0.1) is 0 Å². The van der Waals surface area contributed by atoms with Gasteiger partial charge in [0.05, 0.1) is 0 Å². The summed E-state index contributed by atoms with van der Waals surface area (Å²) < 4.78 is 0. The summed E-state index contributed by atoms with van der Waals surface area (Å²) in [6.07, 6.45) is 4.92. The average Bonchev–Trinajstić information content (AvgIpc) is 2.34. The van der Waals surface area contributed by atoms with Crippen molar-refractivity contribution in [3.8, 4) is 0 Å². The molecule has 4 unspecified atom stereocenters. The number of hydrogen-bond acceptors (Lipinski definition) is 0. The molecule has 0 spiro atoms. The van der Waals surface area contributed by atoms with Crippen LogP contribution in [0.1, 0.15) is 54.4 Å². The van der Waals surface area contributed by atoms with Gasteiger partial charge >= 0.3 is 51.4 Å². The number of rotatable bonds is 3. The van der Waals surface area contributed by atoms with Crippen molar-refractivity contribution in [2.45, 2.75) is 54.4 Å². The minimum Gasteiger partial charge on any atom is -0.307 e. The molecule has 88 valence electrons. The molecule has 0 aromatic rings. The maximum absolute atomic E-state index is 2.42. The molecule has 0 amide bonds. The van der Waals surface area contributed by atoms with Gasteiger partial charge in [0.15, 0.2) is 0 Å². The third kappa shape index (κ3) is 4.24. The second-order valence-corrected chi connectivity index (χ2v) is 5.69. The van der Waals surface area contributed by atoms with Crippen molar-refractivity contribution >= 4 is 0 Å². The molecule has 0 saturated heterocycles. The Labute approximate surface area is 145 Å². The van der Waals surface area contributed by atoms with E-state index < -0.39 is 0 Å². The van der Waals surface area contributed by atoms with Gasteiger partial charge < -0.3 is 5.92 Å². The van der Waals surface area contributed by atoms with E-state index in [1.54, 1.807) is 0 Å². The van der Waals surface area contributed by atoms with Gasteiger partial charge in [0, 0.05) is 0 Å². The third-order valence-electron chi connectivity index (χ3n) is 4.56. The molecule has 0 heterocycles. The van der Waals surface area contributed by atoms with Crippen LogP contribution in [0.5, 0.6) is 0 Å². The zero-order valence-electron chi connectivity index (χ0n) is 12.3. The molecule has 1 fully saturated rings. The van der Waals surface area contributed by atoms with E-state index in [4.69, 9.17) is 0 Å². The van der Waals surface area contributed by atoms with E-state index in [-0.39, 0.29) is 51.4 Å². The third-order valence-corrected chi connectivity index (χ3v) is 4.56. The van der Waals surface area contributed by atoms with Crippen LogP contribution in [0.15, 0.2) is 11.6 Å². The zero-order chi connectivity index (χ0) is 11.6. The van der Waals surface area contributed by atoms with Gasteiger partial charge in [-0.2, -0.15) is 18.3 Å². The van der Waals surface area contributed by atoms with Gasteiger partial charge in [0.25, 0.3) is 0 Å². The van der Waals surface area contributed by atoms with Crippen LogP contribution >= 0.6 is 0 Å². The first-order valence-electron chi connectivity index (χ1n) is 6.44. The Kier molecular flexibility index (Phi) is 8.40. The molecule has 1 saturated carbocycles. The fourth-order valence-electron chi connectivity index (χ4n) is 2.98. The van der Waals surface area contributed by atoms with E-state index in [1.807, 2.05) is 5.92 Å². The summed E-state index contributed by atoms with van der Waals surface area (Å²) in [5.74, 6) is 5.23. The van der Waals surface area contributed by atoms with Crippen molar-refractivity contribution in [3.05, 3.63) is 17.6 Å². The van der Waals surface area contributed by atoms with Crippen molar-refractivity contribution in [1.29, 1.82) is 0 Å². The smallest absolute Gasteiger partial charge is 0.307 e. The monoisotopic (exact) mass is 246 g/mol. The molecule has 0 bridgehead atoms. The largest absolute Gasteiger partial charge is 1.00 e. The van der Waals surface area contributed by atoms with E-state index in [0.717, 1.165) is 23.7 Å². The normalized spacial score (nSPS) is 34.6. The maximum atomic E-state index is 2.42. The van der Waals surface area contributed by atoms with Crippen LogP contribution in [0.25, 0.3) is 0 Å². The standard InChI is InChI=1S/C15H27.K/c1-10(2)8-7-9-15-13(5)11(3)12(4)14(15)6;/h8,11-14H,7,9H2,1-6H3;/q-1;+1. The summed E-state index contributed by atoms with van der Waals surface area (Å²) in [4.78, 5) is 0. The second kappa shape index (κ2) is 7.73. The summed E-state index contributed by atoms with van der Waals surface area (Å²) in [7, 11) is 0. The molecule has 0 radical (unpaired) electrons. The Morgan fingerprint density at radius 1 is 1.00 bits per heavy atom. The molecule has 0 N–H and O–H groups in total. The zero-order valence-corrected chi connectivity index (χ0v) is 15.4. The second-order valence-electron chi connectivity index (χ2n) is 5.69. The van der Waals surface area contributed by atoms with E-state index in [2.05, 4.69) is 47.6 Å². The quantitative estimate of drug-likeness (QED) is 0.405. The fourth-order valence-corrected chi connectivity index (χ4v) is 2.98. The number of allylic oxidation sites excluding steroid dienone is 2. The van der Waals surface area contributed by atoms with E-state index in [0.29, 0.717) is 0 Å². The van der Waals surface area contributed by atoms with E-state index in [1.165, 1.54) is 18.4 Å². The predicted octanol–water partition coefficient (Wildman–Crippen LogP) is 1.87. The first kappa shape index (κ1) is 17.4. The summed E-state index contributed by atoms with van der Waals surface area (Å²) in [5.41, 5.74) is 1.45. The van der Waals surface area contributed by atoms with Gasteiger partial charge in [0.2, 0.25) is 0 Å². The molecule has 0 aliphatic heterocycles. The van der Waals surface area contributed by atoms with Gasteiger partial charge in [-0.25, -0.2) is 0 Å². The molecular formula is C15H27K. The Morgan fingerprint density at radius 3 is 1.81 bits per heavy atom. The van der Waals surface area contributed by atoms with E-state index in [9.17, 15) is 0 Å². The van der Waals surface area contributed by atoms with Crippen LogP contribution in [-0.2, 0) is 0 Å². The molecule has 1 aliphatic carbocycles. The number of hydrogen-bond donors (Lipinski definition) is 0. The molecule has 1 heteroatoms. The first-order chi connectivity index (χ1) is 6.95. The minimum atomic E-state index is 0. The minimum absolute atomic E-state index is 0. The molecule has 0 aromatic heterocycles. The van der Waals surface area contributed by atoms with Crippen LogP contribution < -0.4 is 51.4 Å².